The fourth-order valence-corrected chi connectivity index (χ4v) is 4.03. The first-order valence-corrected chi connectivity index (χ1v) is 9.47. The Hall–Kier alpha value is -1.86. The van der Waals surface area contributed by atoms with Gasteiger partial charge in [0.05, 0.1) is 5.69 Å². The van der Waals surface area contributed by atoms with Crippen molar-refractivity contribution in [3.05, 3.63) is 64.4 Å². The van der Waals surface area contributed by atoms with Gasteiger partial charge in [-0.25, -0.2) is 15.0 Å². The third-order valence-corrected chi connectivity index (χ3v) is 5.38. The molecule has 0 spiro atoms. The van der Waals surface area contributed by atoms with E-state index in [2.05, 4.69) is 37.7 Å². The van der Waals surface area contributed by atoms with E-state index in [1.807, 2.05) is 18.2 Å². The maximum Gasteiger partial charge on any atom is 0.188 e. The molecule has 1 aromatic carbocycles. The minimum atomic E-state index is 0.297. The van der Waals surface area contributed by atoms with Crippen LogP contribution in [0.15, 0.2) is 48.1 Å². The van der Waals surface area contributed by atoms with Crippen molar-refractivity contribution in [1.29, 1.82) is 0 Å². The van der Waals surface area contributed by atoms with E-state index >= 15 is 0 Å². The van der Waals surface area contributed by atoms with E-state index in [1.165, 1.54) is 5.56 Å². The summed E-state index contributed by atoms with van der Waals surface area (Å²) < 4.78 is 0. The highest BCUT2D eigenvalue weighted by molar-refractivity contribution is 7.13. The fraction of sp³-hybridized carbons (Fsp3) is 0.278. The standard InChI is InChI=1S/C18H18ClN5S/c19-14-4-1-3-13(9-14)16-10-20-7-8-24(16)11-15-12-25-18(23-15)17-21-5-2-6-22-17/h1-6,9,12,16,20H,7-8,10-11H2. The molecule has 0 amide bonds. The van der Waals surface area contributed by atoms with Gasteiger partial charge in [0.2, 0.25) is 0 Å². The van der Waals surface area contributed by atoms with Crippen LogP contribution in [0.2, 0.25) is 5.02 Å². The van der Waals surface area contributed by atoms with Crippen LogP contribution in [0.4, 0.5) is 0 Å². The van der Waals surface area contributed by atoms with E-state index in [4.69, 9.17) is 16.6 Å². The second-order valence-corrected chi connectivity index (χ2v) is 7.26. The van der Waals surface area contributed by atoms with Crippen LogP contribution in [0.1, 0.15) is 17.3 Å². The van der Waals surface area contributed by atoms with E-state index in [0.717, 1.165) is 41.9 Å². The molecule has 3 heterocycles. The monoisotopic (exact) mass is 371 g/mol. The molecule has 7 heteroatoms. The number of thiazole rings is 1. The van der Waals surface area contributed by atoms with Crippen LogP contribution in [-0.2, 0) is 6.54 Å². The number of rotatable bonds is 4. The van der Waals surface area contributed by atoms with Crippen molar-refractivity contribution in [2.75, 3.05) is 19.6 Å². The molecular weight excluding hydrogens is 354 g/mol. The summed E-state index contributed by atoms with van der Waals surface area (Å²) in [6.45, 7) is 3.68. The summed E-state index contributed by atoms with van der Waals surface area (Å²) in [5.41, 5.74) is 2.29. The van der Waals surface area contributed by atoms with Gasteiger partial charge in [-0.2, -0.15) is 0 Å². The Bertz CT molecular complexity index is 838. The maximum atomic E-state index is 6.18. The fourth-order valence-electron chi connectivity index (χ4n) is 3.08. The molecule has 3 aromatic rings. The molecule has 0 aliphatic carbocycles. The van der Waals surface area contributed by atoms with Crippen LogP contribution in [0.5, 0.6) is 0 Å². The number of hydrogen-bond acceptors (Lipinski definition) is 6. The van der Waals surface area contributed by atoms with Crippen LogP contribution < -0.4 is 5.32 Å². The smallest absolute Gasteiger partial charge is 0.188 e. The molecule has 0 radical (unpaired) electrons. The van der Waals surface area contributed by atoms with Crippen LogP contribution in [0.25, 0.3) is 10.8 Å². The van der Waals surface area contributed by atoms with Crippen LogP contribution in [0, 0.1) is 0 Å². The summed E-state index contributed by atoms with van der Waals surface area (Å²) in [5.74, 6) is 0.686. The van der Waals surface area contributed by atoms with Crippen molar-refractivity contribution in [2.24, 2.45) is 0 Å². The zero-order chi connectivity index (χ0) is 17.1. The molecule has 1 N–H and O–H groups in total. The average molecular weight is 372 g/mol. The summed E-state index contributed by atoms with van der Waals surface area (Å²) in [5, 5.41) is 7.22. The van der Waals surface area contributed by atoms with Crippen LogP contribution in [0.3, 0.4) is 0 Å². The second-order valence-electron chi connectivity index (χ2n) is 5.96. The van der Waals surface area contributed by atoms with E-state index < -0.39 is 0 Å². The van der Waals surface area contributed by atoms with Gasteiger partial charge in [-0.15, -0.1) is 11.3 Å². The Labute approximate surface area is 155 Å². The van der Waals surface area contributed by atoms with Crippen molar-refractivity contribution >= 4 is 22.9 Å². The van der Waals surface area contributed by atoms with E-state index in [-0.39, 0.29) is 0 Å². The zero-order valence-electron chi connectivity index (χ0n) is 13.6. The SMILES string of the molecule is Clc1cccc(C2CNCCN2Cc2csc(-c3ncccn3)n2)c1. The highest BCUT2D eigenvalue weighted by Gasteiger charge is 2.24. The quantitative estimate of drug-likeness (QED) is 0.761. The topological polar surface area (TPSA) is 53.9 Å². The molecule has 128 valence electrons. The lowest BCUT2D eigenvalue weighted by molar-refractivity contribution is 0.152. The largest absolute Gasteiger partial charge is 0.314 e. The van der Waals surface area contributed by atoms with Gasteiger partial charge in [0.15, 0.2) is 10.8 Å². The Morgan fingerprint density at radius 2 is 2.12 bits per heavy atom. The first-order valence-electron chi connectivity index (χ1n) is 8.21. The van der Waals surface area contributed by atoms with Crippen LogP contribution >= 0.6 is 22.9 Å². The molecule has 1 aliphatic heterocycles. The molecule has 0 bridgehead atoms. The lowest BCUT2D eigenvalue weighted by atomic mass is 10.0. The summed E-state index contributed by atoms with van der Waals surface area (Å²) in [7, 11) is 0. The van der Waals surface area contributed by atoms with Gasteiger partial charge in [-0.1, -0.05) is 23.7 Å². The predicted molar refractivity (Wildman–Crippen MR) is 101 cm³/mol. The molecule has 0 saturated carbocycles. The number of aromatic nitrogens is 3. The number of nitrogens with zero attached hydrogens (tertiary/aromatic N) is 4. The zero-order valence-corrected chi connectivity index (χ0v) is 15.2. The van der Waals surface area contributed by atoms with E-state index in [9.17, 15) is 0 Å². The maximum absolute atomic E-state index is 6.18. The average Bonchev–Trinajstić information content (AvgIpc) is 3.11. The second kappa shape index (κ2) is 7.58. The lowest BCUT2D eigenvalue weighted by Crippen LogP contribution is -2.45. The summed E-state index contributed by atoms with van der Waals surface area (Å²) >= 11 is 7.77. The van der Waals surface area contributed by atoms with Crippen molar-refractivity contribution in [3.8, 4) is 10.8 Å². The van der Waals surface area contributed by atoms with Gasteiger partial charge in [0.1, 0.15) is 0 Å². The van der Waals surface area contributed by atoms with E-state index in [0.29, 0.717) is 11.9 Å². The number of nitrogens with one attached hydrogen (secondary N) is 1. The molecule has 2 aromatic heterocycles. The van der Waals surface area contributed by atoms with Gasteiger partial charge >= 0.3 is 0 Å². The Balaban J connectivity index is 1.53. The highest BCUT2D eigenvalue weighted by Crippen LogP contribution is 2.27. The predicted octanol–water partition coefficient (Wildman–Crippen LogP) is 3.40. The van der Waals surface area contributed by atoms with Crippen LogP contribution in [-0.4, -0.2) is 39.5 Å². The molecule has 25 heavy (non-hydrogen) atoms. The van der Waals surface area contributed by atoms with Crippen molar-refractivity contribution < 1.29 is 0 Å². The Morgan fingerprint density at radius 1 is 1.24 bits per heavy atom. The third-order valence-electron chi connectivity index (χ3n) is 4.26. The van der Waals surface area contributed by atoms with E-state index in [1.54, 1.807) is 23.7 Å². The minimum absolute atomic E-state index is 0.297. The Kier molecular flexibility index (Phi) is 5.03. The number of hydrogen-bond donors (Lipinski definition) is 1. The van der Waals surface area contributed by atoms with Crippen molar-refractivity contribution in [2.45, 2.75) is 12.6 Å². The molecule has 1 fully saturated rings. The molecule has 1 aliphatic rings. The number of piperazine rings is 1. The first kappa shape index (κ1) is 16.6. The molecule has 5 nitrogen and oxygen atoms in total. The van der Waals surface area contributed by atoms with Gasteiger partial charge in [-0.3, -0.25) is 4.90 Å². The van der Waals surface area contributed by atoms with Gasteiger partial charge in [0.25, 0.3) is 0 Å². The summed E-state index contributed by atoms with van der Waals surface area (Å²) in [4.78, 5) is 15.7. The lowest BCUT2D eigenvalue weighted by Gasteiger charge is -2.36. The normalized spacial score (nSPS) is 18.4. The number of halogens is 1. The molecule has 1 atom stereocenters. The number of benzene rings is 1. The summed E-state index contributed by atoms with van der Waals surface area (Å²) in [6.07, 6.45) is 3.49. The third kappa shape index (κ3) is 3.88. The van der Waals surface area contributed by atoms with Crippen molar-refractivity contribution in [3.63, 3.8) is 0 Å². The molecular formula is C18H18ClN5S. The van der Waals surface area contributed by atoms with Gasteiger partial charge in [-0.05, 0) is 23.8 Å². The Morgan fingerprint density at radius 3 is 2.96 bits per heavy atom. The molecule has 1 unspecified atom stereocenters. The van der Waals surface area contributed by atoms with Gasteiger partial charge in [0, 0.05) is 55.0 Å². The first-order chi connectivity index (χ1) is 12.3. The van der Waals surface area contributed by atoms with Gasteiger partial charge < -0.3 is 5.32 Å². The molecule has 1 saturated heterocycles. The highest BCUT2D eigenvalue weighted by atomic mass is 35.5. The summed E-state index contributed by atoms with van der Waals surface area (Å²) in [6, 6.07) is 10.2. The van der Waals surface area contributed by atoms with Crippen molar-refractivity contribution in [1.82, 2.24) is 25.2 Å². The minimum Gasteiger partial charge on any atom is -0.314 e. The molecule has 4 rings (SSSR count).